The minimum atomic E-state index is -1.35. The summed E-state index contributed by atoms with van der Waals surface area (Å²) < 4.78 is 54.8. The normalized spacial score (nSPS) is 21.8. The zero-order chi connectivity index (χ0) is 15.0. The maximum absolute atomic E-state index is 14.0. The van der Waals surface area contributed by atoms with Crippen molar-refractivity contribution in [2.75, 3.05) is 24.5 Å². The molecule has 1 heterocycles. The van der Waals surface area contributed by atoms with Crippen LogP contribution in [-0.2, 0) is 0 Å². The van der Waals surface area contributed by atoms with Crippen LogP contribution in [0.1, 0.15) is 32.1 Å². The lowest BCUT2D eigenvalue weighted by molar-refractivity contribution is 0.351. The van der Waals surface area contributed by atoms with Gasteiger partial charge in [-0.3, -0.25) is 0 Å². The summed E-state index contributed by atoms with van der Waals surface area (Å²) in [5.41, 5.74) is -0.763. The zero-order valence-corrected chi connectivity index (χ0v) is 11.7. The van der Waals surface area contributed by atoms with Crippen molar-refractivity contribution < 1.29 is 17.6 Å². The van der Waals surface area contributed by atoms with E-state index < -0.39 is 29.0 Å². The van der Waals surface area contributed by atoms with Crippen LogP contribution in [0.5, 0.6) is 0 Å². The van der Waals surface area contributed by atoms with Crippen molar-refractivity contribution in [3.8, 4) is 0 Å². The van der Waals surface area contributed by atoms with Crippen LogP contribution in [0.4, 0.5) is 23.2 Å². The Morgan fingerprint density at radius 2 is 1.57 bits per heavy atom. The lowest BCUT2D eigenvalue weighted by atomic mass is 9.97. The first-order chi connectivity index (χ1) is 10.0. The van der Waals surface area contributed by atoms with Crippen LogP contribution >= 0.6 is 0 Å². The van der Waals surface area contributed by atoms with Gasteiger partial charge < -0.3 is 10.2 Å². The highest BCUT2D eigenvalue weighted by Crippen LogP contribution is 2.35. The van der Waals surface area contributed by atoms with E-state index in [0.717, 1.165) is 32.2 Å². The fourth-order valence-corrected chi connectivity index (χ4v) is 3.54. The molecule has 21 heavy (non-hydrogen) atoms. The Kier molecular flexibility index (Phi) is 3.82. The molecule has 1 saturated heterocycles. The summed E-state index contributed by atoms with van der Waals surface area (Å²) in [6, 6.07) is 0.259. The minimum absolute atomic E-state index is 0.196. The first-order valence-corrected chi connectivity index (χ1v) is 7.35. The van der Waals surface area contributed by atoms with Gasteiger partial charge in [0.1, 0.15) is 5.69 Å². The van der Waals surface area contributed by atoms with Gasteiger partial charge in [-0.05, 0) is 25.8 Å². The highest BCUT2D eigenvalue weighted by molar-refractivity contribution is 5.51. The van der Waals surface area contributed by atoms with E-state index in [9.17, 15) is 17.6 Å². The lowest BCUT2D eigenvalue weighted by Gasteiger charge is -2.34. The number of halogens is 4. The van der Waals surface area contributed by atoms with Gasteiger partial charge >= 0.3 is 0 Å². The number of rotatable bonds is 1. The highest BCUT2D eigenvalue weighted by atomic mass is 19.2. The Hall–Kier alpha value is -1.30. The molecule has 0 radical (unpaired) electrons. The van der Waals surface area contributed by atoms with Crippen LogP contribution < -0.4 is 10.2 Å². The molecular weight excluding hydrogens is 284 g/mol. The molecule has 116 valence electrons. The van der Waals surface area contributed by atoms with Crippen molar-refractivity contribution in [1.82, 2.24) is 5.32 Å². The third-order valence-corrected chi connectivity index (χ3v) is 4.56. The van der Waals surface area contributed by atoms with E-state index in [0.29, 0.717) is 19.5 Å². The third kappa shape index (κ3) is 2.61. The Bertz CT molecular complexity index is 515. The summed E-state index contributed by atoms with van der Waals surface area (Å²) in [5.74, 6) is -5.30. The third-order valence-electron chi connectivity index (χ3n) is 4.56. The molecule has 1 aromatic carbocycles. The van der Waals surface area contributed by atoms with Crippen molar-refractivity contribution in [1.29, 1.82) is 0 Å². The Morgan fingerprint density at radius 1 is 0.952 bits per heavy atom. The monoisotopic (exact) mass is 302 g/mol. The number of nitrogens with zero attached hydrogens (tertiary/aromatic N) is 1. The molecule has 0 unspecified atom stereocenters. The maximum atomic E-state index is 14.0. The summed E-state index contributed by atoms with van der Waals surface area (Å²) in [6.45, 7) is 1.51. The summed E-state index contributed by atoms with van der Waals surface area (Å²) in [5, 5.41) is 3.45. The zero-order valence-electron chi connectivity index (χ0n) is 11.7. The average molecular weight is 302 g/mol. The van der Waals surface area contributed by atoms with E-state index in [1.54, 1.807) is 0 Å². The van der Waals surface area contributed by atoms with Gasteiger partial charge in [0, 0.05) is 24.7 Å². The number of nitrogens with one attached hydrogen (secondary N) is 1. The molecule has 0 amide bonds. The van der Waals surface area contributed by atoms with Gasteiger partial charge in [0.15, 0.2) is 23.3 Å². The molecule has 2 fully saturated rings. The van der Waals surface area contributed by atoms with Gasteiger partial charge in [-0.2, -0.15) is 0 Å². The summed E-state index contributed by atoms with van der Waals surface area (Å²) in [4.78, 5) is 1.46. The standard InChI is InChI=1S/C15H18F4N2/c16-10-8-11(17)13(19)14(12(10)18)21-7-3-6-20-15(9-21)4-1-2-5-15/h8,20H,1-7,9H2. The van der Waals surface area contributed by atoms with Crippen molar-refractivity contribution in [3.63, 3.8) is 0 Å². The Morgan fingerprint density at radius 3 is 2.19 bits per heavy atom. The lowest BCUT2D eigenvalue weighted by Crippen LogP contribution is -2.49. The first-order valence-electron chi connectivity index (χ1n) is 7.35. The van der Waals surface area contributed by atoms with Gasteiger partial charge in [-0.15, -0.1) is 0 Å². The minimum Gasteiger partial charge on any atom is -0.365 e. The van der Waals surface area contributed by atoms with Crippen LogP contribution in [0, 0.1) is 23.3 Å². The van der Waals surface area contributed by atoms with E-state index >= 15 is 0 Å². The van der Waals surface area contributed by atoms with Gasteiger partial charge in [0.05, 0.1) is 0 Å². The second-order valence-corrected chi connectivity index (χ2v) is 6.01. The molecule has 2 nitrogen and oxygen atoms in total. The average Bonchev–Trinajstić information content (AvgIpc) is 2.79. The largest absolute Gasteiger partial charge is 0.365 e. The van der Waals surface area contributed by atoms with Gasteiger partial charge in [-0.1, -0.05) is 12.8 Å². The van der Waals surface area contributed by atoms with Crippen molar-refractivity contribution in [2.45, 2.75) is 37.6 Å². The first kappa shape index (κ1) is 14.6. The van der Waals surface area contributed by atoms with E-state index in [-0.39, 0.29) is 11.6 Å². The van der Waals surface area contributed by atoms with E-state index in [1.807, 2.05) is 0 Å². The molecule has 0 aromatic heterocycles. The van der Waals surface area contributed by atoms with Crippen molar-refractivity contribution >= 4 is 5.69 Å². The second kappa shape index (κ2) is 5.48. The van der Waals surface area contributed by atoms with E-state index in [2.05, 4.69) is 5.32 Å². The van der Waals surface area contributed by atoms with Gasteiger partial charge in [-0.25, -0.2) is 17.6 Å². The molecule has 0 bridgehead atoms. The molecule has 1 spiro atoms. The van der Waals surface area contributed by atoms with Crippen LogP contribution in [0.25, 0.3) is 0 Å². The van der Waals surface area contributed by atoms with Crippen LogP contribution in [-0.4, -0.2) is 25.2 Å². The molecule has 1 aromatic rings. The molecule has 2 aliphatic rings. The van der Waals surface area contributed by atoms with Crippen molar-refractivity contribution in [2.24, 2.45) is 0 Å². The van der Waals surface area contributed by atoms with E-state index in [4.69, 9.17) is 0 Å². The number of anilines is 1. The van der Waals surface area contributed by atoms with Gasteiger partial charge in [0.2, 0.25) is 0 Å². The fraction of sp³-hybridized carbons (Fsp3) is 0.600. The highest BCUT2D eigenvalue weighted by Gasteiger charge is 2.38. The topological polar surface area (TPSA) is 15.3 Å². The predicted octanol–water partition coefficient (Wildman–Crippen LogP) is 3.36. The SMILES string of the molecule is Fc1cc(F)c(F)c(N2CCCNC3(CCCC3)C2)c1F. The molecule has 1 N–H and O–H groups in total. The smallest absolute Gasteiger partial charge is 0.185 e. The Labute approximate surface area is 121 Å². The Balaban J connectivity index is 1.99. The van der Waals surface area contributed by atoms with Gasteiger partial charge in [0.25, 0.3) is 0 Å². The van der Waals surface area contributed by atoms with Crippen molar-refractivity contribution in [3.05, 3.63) is 29.3 Å². The summed E-state index contributed by atoms with van der Waals surface area (Å²) >= 11 is 0. The van der Waals surface area contributed by atoms with Crippen LogP contribution in [0.2, 0.25) is 0 Å². The fourth-order valence-electron chi connectivity index (χ4n) is 3.54. The molecule has 1 saturated carbocycles. The van der Waals surface area contributed by atoms with Crippen LogP contribution in [0.3, 0.4) is 0 Å². The molecule has 6 heteroatoms. The predicted molar refractivity (Wildman–Crippen MR) is 72.3 cm³/mol. The molecule has 0 atom stereocenters. The number of hydrogen-bond donors (Lipinski definition) is 1. The second-order valence-electron chi connectivity index (χ2n) is 6.01. The number of benzene rings is 1. The summed E-state index contributed by atoms with van der Waals surface area (Å²) in [7, 11) is 0. The quantitative estimate of drug-likeness (QED) is 0.632. The molecule has 3 rings (SSSR count). The molecule has 1 aliphatic carbocycles. The summed E-state index contributed by atoms with van der Waals surface area (Å²) in [6.07, 6.45) is 4.64. The van der Waals surface area contributed by atoms with E-state index in [1.165, 1.54) is 4.90 Å². The van der Waals surface area contributed by atoms with Crippen LogP contribution in [0.15, 0.2) is 6.07 Å². The molecular formula is C15H18F4N2. The maximum Gasteiger partial charge on any atom is 0.185 e. The number of hydrogen-bond acceptors (Lipinski definition) is 2. The molecule has 1 aliphatic heterocycles.